The van der Waals surface area contributed by atoms with Gasteiger partial charge < -0.3 is 5.32 Å². The van der Waals surface area contributed by atoms with E-state index >= 15 is 0 Å². The van der Waals surface area contributed by atoms with Gasteiger partial charge in [0.15, 0.2) is 0 Å². The van der Waals surface area contributed by atoms with Gasteiger partial charge in [-0.2, -0.15) is 0 Å². The highest BCUT2D eigenvalue weighted by atomic mass is 16.2. The summed E-state index contributed by atoms with van der Waals surface area (Å²) < 4.78 is 2.39. The van der Waals surface area contributed by atoms with Crippen LogP contribution in [-0.2, 0) is 24.4 Å². The quantitative estimate of drug-likeness (QED) is 0.606. The molecule has 0 atom stereocenters. The number of carbonyl (C=O) groups is 1. The van der Waals surface area contributed by atoms with Gasteiger partial charge in [-0.25, -0.2) is 4.79 Å². The number of likely N-dealkylation sites (tertiary alicyclic amines) is 1. The number of nitrogens with zero attached hydrogens (tertiary/aromatic N) is 3. The van der Waals surface area contributed by atoms with Crippen LogP contribution in [0, 0.1) is 5.92 Å². The first-order valence-corrected chi connectivity index (χ1v) is 11.4. The third-order valence-corrected chi connectivity index (χ3v) is 6.16. The molecular weight excluding hydrogens is 416 g/mol. The Labute approximate surface area is 193 Å². The zero-order valence-electron chi connectivity index (χ0n) is 18.9. The topological polar surface area (TPSA) is 76.3 Å². The maximum Gasteiger partial charge on any atom is 0.331 e. The molecule has 0 radical (unpaired) electrons. The van der Waals surface area contributed by atoms with E-state index in [9.17, 15) is 14.4 Å². The molecule has 2 aromatic carbocycles. The zero-order chi connectivity index (χ0) is 23.2. The summed E-state index contributed by atoms with van der Waals surface area (Å²) in [7, 11) is 0. The predicted molar refractivity (Wildman–Crippen MR) is 129 cm³/mol. The molecule has 33 heavy (non-hydrogen) atoms. The standard InChI is InChI=1S/C26H30N4O3/c1-20-11-14-28(15-12-20)17-22-7-9-23(10-8-22)27-24(31)19-30-25(32)13-16-29(26(30)33)18-21-5-3-2-4-6-21/h2-10,13,16,20H,11-12,14-15,17-19H2,1H3,(H,27,31). The van der Waals surface area contributed by atoms with Gasteiger partial charge in [-0.3, -0.25) is 23.6 Å². The molecule has 0 bridgehead atoms. The molecular formula is C26H30N4O3. The fraction of sp³-hybridized carbons (Fsp3) is 0.346. The van der Waals surface area contributed by atoms with Crippen LogP contribution in [0.25, 0.3) is 0 Å². The summed E-state index contributed by atoms with van der Waals surface area (Å²) in [6.45, 7) is 5.44. The highest BCUT2D eigenvalue weighted by molar-refractivity contribution is 5.90. The molecule has 172 valence electrons. The minimum Gasteiger partial charge on any atom is -0.325 e. The summed E-state index contributed by atoms with van der Waals surface area (Å²) in [5.74, 6) is 0.392. The number of carbonyl (C=O) groups excluding carboxylic acids is 1. The van der Waals surface area contributed by atoms with E-state index in [1.54, 1.807) is 0 Å². The van der Waals surface area contributed by atoms with Gasteiger partial charge in [0, 0.05) is 24.5 Å². The lowest BCUT2D eigenvalue weighted by molar-refractivity contribution is -0.116. The van der Waals surface area contributed by atoms with Crippen molar-refractivity contribution < 1.29 is 4.79 Å². The molecule has 1 aliphatic rings. The summed E-state index contributed by atoms with van der Waals surface area (Å²) in [6.07, 6.45) is 3.94. The van der Waals surface area contributed by atoms with Crippen molar-refractivity contribution in [1.82, 2.24) is 14.0 Å². The summed E-state index contributed by atoms with van der Waals surface area (Å²) in [5.41, 5.74) is 1.78. The molecule has 0 spiro atoms. The lowest BCUT2D eigenvalue weighted by Crippen LogP contribution is -2.41. The SMILES string of the molecule is CC1CCN(Cc2ccc(NC(=O)Cn3c(=O)ccn(Cc4ccccc4)c3=O)cc2)CC1. The highest BCUT2D eigenvalue weighted by Gasteiger charge is 2.16. The number of nitrogens with one attached hydrogen (secondary N) is 1. The van der Waals surface area contributed by atoms with Crippen LogP contribution in [0.4, 0.5) is 5.69 Å². The first-order chi connectivity index (χ1) is 16.0. The van der Waals surface area contributed by atoms with E-state index in [2.05, 4.69) is 17.1 Å². The van der Waals surface area contributed by atoms with E-state index in [0.717, 1.165) is 35.7 Å². The van der Waals surface area contributed by atoms with E-state index < -0.39 is 17.2 Å². The number of piperidine rings is 1. The predicted octanol–water partition coefficient (Wildman–Crippen LogP) is 2.93. The average molecular weight is 447 g/mol. The molecule has 1 saturated heterocycles. The van der Waals surface area contributed by atoms with Crippen molar-refractivity contribution in [2.75, 3.05) is 18.4 Å². The maximum absolute atomic E-state index is 12.8. The molecule has 0 unspecified atom stereocenters. The minimum absolute atomic E-state index is 0.332. The Morgan fingerprint density at radius 2 is 1.58 bits per heavy atom. The highest BCUT2D eigenvalue weighted by Crippen LogP contribution is 2.19. The van der Waals surface area contributed by atoms with Gasteiger partial charge in [0.1, 0.15) is 6.54 Å². The average Bonchev–Trinajstić information content (AvgIpc) is 2.82. The van der Waals surface area contributed by atoms with Crippen LogP contribution >= 0.6 is 0 Å². The van der Waals surface area contributed by atoms with E-state index in [1.165, 1.54) is 35.2 Å². The number of hydrogen-bond acceptors (Lipinski definition) is 4. The summed E-state index contributed by atoms with van der Waals surface area (Å²) in [4.78, 5) is 40.0. The Morgan fingerprint density at radius 3 is 2.27 bits per heavy atom. The van der Waals surface area contributed by atoms with Crippen molar-refractivity contribution in [3.8, 4) is 0 Å². The van der Waals surface area contributed by atoms with Gasteiger partial charge in [-0.1, -0.05) is 49.4 Å². The molecule has 1 amide bonds. The third kappa shape index (κ3) is 6.08. The van der Waals surface area contributed by atoms with Crippen molar-refractivity contribution in [3.05, 3.63) is 98.8 Å². The number of anilines is 1. The maximum atomic E-state index is 12.8. The molecule has 3 aromatic rings. The molecule has 7 nitrogen and oxygen atoms in total. The lowest BCUT2D eigenvalue weighted by Gasteiger charge is -2.30. The molecule has 4 rings (SSSR count). The first kappa shape index (κ1) is 22.7. The normalized spacial score (nSPS) is 14.8. The number of amides is 1. The van der Waals surface area contributed by atoms with Crippen LogP contribution in [0.15, 0.2) is 76.4 Å². The smallest absolute Gasteiger partial charge is 0.325 e. The Bertz CT molecular complexity index is 1190. The van der Waals surface area contributed by atoms with Crippen LogP contribution in [0.1, 0.15) is 30.9 Å². The molecule has 2 heterocycles. The Hall–Kier alpha value is -3.45. The minimum atomic E-state index is -0.507. The van der Waals surface area contributed by atoms with Gasteiger partial charge in [0.25, 0.3) is 5.56 Å². The van der Waals surface area contributed by atoms with E-state index in [-0.39, 0.29) is 6.54 Å². The fourth-order valence-corrected chi connectivity index (χ4v) is 4.12. The molecule has 0 aliphatic carbocycles. The van der Waals surface area contributed by atoms with Crippen molar-refractivity contribution in [2.24, 2.45) is 5.92 Å². The molecule has 1 aliphatic heterocycles. The van der Waals surface area contributed by atoms with Gasteiger partial charge in [-0.15, -0.1) is 0 Å². The molecule has 0 saturated carbocycles. The van der Waals surface area contributed by atoms with Crippen molar-refractivity contribution in [3.63, 3.8) is 0 Å². The number of aromatic nitrogens is 2. The lowest BCUT2D eigenvalue weighted by atomic mass is 9.99. The summed E-state index contributed by atoms with van der Waals surface area (Å²) in [6, 6.07) is 18.6. The van der Waals surface area contributed by atoms with E-state index in [4.69, 9.17) is 0 Å². The monoisotopic (exact) mass is 446 g/mol. The van der Waals surface area contributed by atoms with Gasteiger partial charge in [0.2, 0.25) is 5.91 Å². The van der Waals surface area contributed by atoms with Crippen LogP contribution in [-0.4, -0.2) is 33.0 Å². The molecule has 1 aromatic heterocycles. The number of benzene rings is 2. The fourth-order valence-electron chi connectivity index (χ4n) is 4.12. The largest absolute Gasteiger partial charge is 0.331 e. The Balaban J connectivity index is 1.38. The van der Waals surface area contributed by atoms with Crippen LogP contribution in [0.3, 0.4) is 0 Å². The second-order valence-electron chi connectivity index (χ2n) is 8.84. The van der Waals surface area contributed by atoms with Crippen molar-refractivity contribution in [1.29, 1.82) is 0 Å². The summed E-state index contributed by atoms with van der Waals surface area (Å²) >= 11 is 0. The third-order valence-electron chi connectivity index (χ3n) is 6.16. The zero-order valence-corrected chi connectivity index (χ0v) is 18.9. The van der Waals surface area contributed by atoms with E-state index in [0.29, 0.717) is 12.2 Å². The number of rotatable bonds is 7. The second kappa shape index (κ2) is 10.4. The number of hydrogen-bond donors (Lipinski definition) is 1. The Kier molecular flexibility index (Phi) is 7.19. The molecule has 1 fully saturated rings. The van der Waals surface area contributed by atoms with Crippen LogP contribution < -0.4 is 16.6 Å². The second-order valence-corrected chi connectivity index (χ2v) is 8.84. The van der Waals surface area contributed by atoms with Gasteiger partial charge in [0.05, 0.1) is 6.54 Å². The van der Waals surface area contributed by atoms with E-state index in [1.807, 2.05) is 54.6 Å². The molecule has 1 N–H and O–H groups in total. The Morgan fingerprint density at radius 1 is 0.909 bits per heavy atom. The molecule has 7 heteroatoms. The van der Waals surface area contributed by atoms with Crippen LogP contribution in [0.2, 0.25) is 0 Å². The van der Waals surface area contributed by atoms with Gasteiger partial charge in [-0.05, 0) is 55.1 Å². The summed E-state index contributed by atoms with van der Waals surface area (Å²) in [5, 5.41) is 2.79. The van der Waals surface area contributed by atoms with Crippen LogP contribution in [0.5, 0.6) is 0 Å². The van der Waals surface area contributed by atoms with Crippen molar-refractivity contribution in [2.45, 2.75) is 39.4 Å². The first-order valence-electron chi connectivity index (χ1n) is 11.4. The van der Waals surface area contributed by atoms with Gasteiger partial charge >= 0.3 is 5.69 Å². The van der Waals surface area contributed by atoms with Crippen molar-refractivity contribution >= 4 is 11.6 Å².